The Labute approximate surface area is 117 Å². The predicted octanol–water partition coefficient (Wildman–Crippen LogP) is 3.94. The second kappa shape index (κ2) is 4.22. The number of fused-ring (bicyclic) bond motifs is 1. The van der Waals surface area contributed by atoms with Gasteiger partial charge in [0.05, 0.1) is 5.70 Å². The van der Waals surface area contributed by atoms with Gasteiger partial charge in [-0.25, -0.2) is 0 Å². The van der Waals surface area contributed by atoms with Crippen molar-refractivity contribution < 1.29 is 4.79 Å². The Morgan fingerprint density at radius 3 is 2.47 bits per heavy atom. The second-order valence-corrected chi connectivity index (χ2v) is 8.19. The zero-order valence-corrected chi connectivity index (χ0v) is 13.2. The number of allylic oxidation sites excluding steroid dienone is 3. The first-order chi connectivity index (χ1) is 8.55. The fourth-order valence-electron chi connectivity index (χ4n) is 3.51. The second-order valence-electron chi connectivity index (χ2n) is 8.19. The van der Waals surface area contributed by atoms with Crippen LogP contribution < -0.4 is 0 Å². The molecule has 0 aromatic rings. The smallest absolute Gasteiger partial charge is 0.184 e. The predicted molar refractivity (Wildman–Crippen MR) is 79.8 cm³/mol. The van der Waals surface area contributed by atoms with Gasteiger partial charge in [-0.2, -0.15) is 0 Å². The fraction of sp³-hybridized carbons (Fsp3) is 0.706. The number of nitrogens with zero attached hydrogens (tertiary/aromatic N) is 1. The van der Waals surface area contributed by atoms with Crippen LogP contribution in [0.15, 0.2) is 23.9 Å². The lowest BCUT2D eigenvalue weighted by atomic mass is 9.83. The van der Waals surface area contributed by atoms with E-state index in [0.29, 0.717) is 0 Å². The number of hydrogen-bond acceptors (Lipinski definition) is 2. The highest BCUT2D eigenvalue weighted by molar-refractivity contribution is 5.99. The monoisotopic (exact) mass is 261 g/mol. The van der Waals surface area contributed by atoms with Gasteiger partial charge in [0.1, 0.15) is 0 Å². The topological polar surface area (TPSA) is 20.3 Å². The van der Waals surface area contributed by atoms with E-state index in [1.165, 1.54) is 0 Å². The van der Waals surface area contributed by atoms with E-state index < -0.39 is 0 Å². The third kappa shape index (κ3) is 2.63. The number of rotatable bonds is 1. The molecule has 1 saturated heterocycles. The summed E-state index contributed by atoms with van der Waals surface area (Å²) in [5.41, 5.74) is 0.937. The van der Waals surface area contributed by atoms with Crippen molar-refractivity contribution in [3.63, 3.8) is 0 Å². The average Bonchev–Trinajstić information content (AvgIpc) is 2.36. The summed E-state index contributed by atoms with van der Waals surface area (Å²) >= 11 is 0. The van der Waals surface area contributed by atoms with E-state index in [2.05, 4.69) is 37.8 Å². The Bertz CT molecular complexity index is 450. The van der Waals surface area contributed by atoms with Gasteiger partial charge in [0.2, 0.25) is 0 Å². The maximum Gasteiger partial charge on any atom is 0.184 e. The van der Waals surface area contributed by atoms with Crippen LogP contribution >= 0.6 is 0 Å². The van der Waals surface area contributed by atoms with Crippen LogP contribution in [0.25, 0.3) is 0 Å². The largest absolute Gasteiger partial charge is 0.362 e. The molecule has 2 heterocycles. The van der Waals surface area contributed by atoms with Crippen LogP contribution in [0.3, 0.4) is 0 Å². The molecule has 0 radical (unpaired) electrons. The maximum atomic E-state index is 12.7. The van der Waals surface area contributed by atoms with Crippen molar-refractivity contribution in [3.8, 4) is 0 Å². The zero-order chi connectivity index (χ0) is 14.5. The van der Waals surface area contributed by atoms with Crippen LogP contribution in [0.4, 0.5) is 0 Å². The van der Waals surface area contributed by atoms with E-state index in [0.717, 1.165) is 25.1 Å². The molecule has 19 heavy (non-hydrogen) atoms. The molecule has 0 aromatic heterocycles. The Kier molecular flexibility index (Phi) is 3.19. The third-order valence-corrected chi connectivity index (χ3v) is 4.25. The number of hydrogen-bond donors (Lipinski definition) is 0. The van der Waals surface area contributed by atoms with Gasteiger partial charge in [-0.15, -0.1) is 0 Å². The lowest BCUT2D eigenvalue weighted by molar-refractivity contribution is -0.124. The highest BCUT2D eigenvalue weighted by atomic mass is 16.1. The Hall–Kier alpha value is -1.05. The summed E-state index contributed by atoms with van der Waals surface area (Å²) in [5.74, 6) is 0.253. The fourth-order valence-corrected chi connectivity index (χ4v) is 3.51. The summed E-state index contributed by atoms with van der Waals surface area (Å²) in [4.78, 5) is 15.1. The van der Waals surface area contributed by atoms with Gasteiger partial charge in [0, 0.05) is 17.5 Å². The zero-order valence-electron chi connectivity index (χ0n) is 13.2. The number of carbonyl (C=O) groups is 1. The summed E-state index contributed by atoms with van der Waals surface area (Å²) in [5, 5.41) is 0. The molecule has 0 bridgehead atoms. The molecule has 1 atom stereocenters. The van der Waals surface area contributed by atoms with Crippen molar-refractivity contribution in [1.29, 1.82) is 0 Å². The Balaban J connectivity index is 2.41. The molecule has 1 fully saturated rings. The molecule has 2 aliphatic heterocycles. The average molecular weight is 261 g/mol. The first kappa shape index (κ1) is 14.4. The molecule has 0 amide bonds. The molecular formula is C17H27NO. The van der Waals surface area contributed by atoms with E-state index in [-0.39, 0.29) is 22.2 Å². The highest BCUT2D eigenvalue weighted by Gasteiger charge is 2.48. The first-order valence-electron chi connectivity index (χ1n) is 7.25. The lowest BCUT2D eigenvalue weighted by Gasteiger charge is -2.38. The van der Waals surface area contributed by atoms with Gasteiger partial charge >= 0.3 is 0 Å². The minimum absolute atomic E-state index is 0.0866. The molecule has 0 N–H and O–H groups in total. The van der Waals surface area contributed by atoms with Crippen LogP contribution in [0, 0.1) is 10.8 Å². The van der Waals surface area contributed by atoms with Crippen LogP contribution in [-0.2, 0) is 4.79 Å². The van der Waals surface area contributed by atoms with Gasteiger partial charge in [-0.3, -0.25) is 4.79 Å². The van der Waals surface area contributed by atoms with Crippen molar-refractivity contribution >= 4 is 5.78 Å². The van der Waals surface area contributed by atoms with Gasteiger partial charge in [-0.1, -0.05) is 46.8 Å². The molecule has 2 rings (SSSR count). The number of ketones is 1. The normalized spacial score (nSPS) is 29.8. The molecule has 1 unspecified atom stereocenters. The highest BCUT2D eigenvalue weighted by Crippen LogP contribution is 2.46. The van der Waals surface area contributed by atoms with Crippen molar-refractivity contribution in [3.05, 3.63) is 23.9 Å². The van der Waals surface area contributed by atoms with Crippen LogP contribution in [0.1, 0.15) is 54.4 Å². The summed E-state index contributed by atoms with van der Waals surface area (Å²) in [7, 11) is 0. The maximum absolute atomic E-state index is 12.7. The first-order valence-corrected chi connectivity index (χ1v) is 7.25. The van der Waals surface area contributed by atoms with Crippen molar-refractivity contribution in [1.82, 2.24) is 4.90 Å². The van der Waals surface area contributed by atoms with Gasteiger partial charge in [-0.05, 0) is 31.3 Å². The van der Waals surface area contributed by atoms with Crippen molar-refractivity contribution in [2.45, 2.75) is 59.9 Å². The lowest BCUT2D eigenvalue weighted by Crippen LogP contribution is -2.43. The molecule has 2 nitrogen and oxygen atoms in total. The standard InChI is InChI=1S/C17H27NO/c1-15(2,3)14(19)13-9-7-8-10-17(6)11-16(4,5)12-18(13)17/h7-9H,10-12H2,1-6H3. The van der Waals surface area contributed by atoms with Crippen LogP contribution in [0.2, 0.25) is 0 Å². The molecule has 106 valence electrons. The number of Topliss-reactive ketones (excluding diaryl/α,β-unsaturated/α-hetero) is 1. The summed E-state index contributed by atoms with van der Waals surface area (Å²) < 4.78 is 0. The molecule has 0 aromatic carbocycles. The summed E-state index contributed by atoms with van der Waals surface area (Å²) in [6.07, 6.45) is 8.43. The minimum atomic E-state index is -0.322. The summed E-state index contributed by atoms with van der Waals surface area (Å²) in [6, 6.07) is 0. The van der Waals surface area contributed by atoms with Crippen LogP contribution in [0.5, 0.6) is 0 Å². The molecule has 2 heteroatoms. The van der Waals surface area contributed by atoms with Gasteiger partial charge in [0.25, 0.3) is 0 Å². The van der Waals surface area contributed by atoms with Gasteiger partial charge < -0.3 is 4.90 Å². The van der Waals surface area contributed by atoms with E-state index in [9.17, 15) is 4.79 Å². The SMILES string of the molecule is CC1(C)CN2C(C(=O)C(C)(C)C)=CC=CCC2(C)C1. The van der Waals surface area contributed by atoms with Gasteiger partial charge in [0.15, 0.2) is 5.78 Å². The number of carbonyl (C=O) groups excluding carboxylic acids is 1. The molecular weight excluding hydrogens is 234 g/mol. The Morgan fingerprint density at radius 2 is 1.89 bits per heavy atom. The van der Waals surface area contributed by atoms with E-state index in [1.54, 1.807) is 0 Å². The van der Waals surface area contributed by atoms with E-state index >= 15 is 0 Å². The van der Waals surface area contributed by atoms with E-state index in [1.807, 2.05) is 26.8 Å². The van der Waals surface area contributed by atoms with Crippen molar-refractivity contribution in [2.75, 3.05) is 6.54 Å². The van der Waals surface area contributed by atoms with E-state index in [4.69, 9.17) is 0 Å². The minimum Gasteiger partial charge on any atom is -0.362 e. The van der Waals surface area contributed by atoms with Crippen molar-refractivity contribution in [2.24, 2.45) is 10.8 Å². The molecule has 2 aliphatic rings. The van der Waals surface area contributed by atoms with Crippen LogP contribution in [-0.4, -0.2) is 22.8 Å². The third-order valence-electron chi connectivity index (χ3n) is 4.25. The summed E-state index contributed by atoms with van der Waals surface area (Å²) in [6.45, 7) is 13.9. The molecule has 0 spiro atoms. The quantitative estimate of drug-likeness (QED) is 0.712. The molecule has 0 aliphatic carbocycles. The Morgan fingerprint density at radius 1 is 1.26 bits per heavy atom. The molecule has 0 saturated carbocycles.